The van der Waals surface area contributed by atoms with E-state index in [2.05, 4.69) is 37.3 Å². The van der Waals surface area contributed by atoms with E-state index in [4.69, 9.17) is 5.10 Å². The molecule has 6 heterocycles. The lowest BCUT2D eigenvalue weighted by atomic mass is 9.90. The normalized spacial score (nSPS) is 32.6. The van der Waals surface area contributed by atoms with Gasteiger partial charge >= 0.3 is 0 Å². The monoisotopic (exact) mass is 448 g/mol. The summed E-state index contributed by atoms with van der Waals surface area (Å²) in [6.07, 6.45) is 11.3. The fraction of sp³-hybridized carbons (Fsp3) is 0.500. The first-order valence-electron chi connectivity index (χ1n) is 11.4. The molecule has 7 nitrogen and oxygen atoms in total. The maximum absolute atomic E-state index is 13.8. The van der Waals surface area contributed by atoms with Crippen LogP contribution >= 0.6 is 11.8 Å². The molecule has 0 N–H and O–H groups in total. The van der Waals surface area contributed by atoms with E-state index in [-0.39, 0.29) is 23.1 Å². The quantitative estimate of drug-likeness (QED) is 0.709. The molecule has 5 atom stereocenters. The first kappa shape index (κ1) is 20.0. The van der Waals surface area contributed by atoms with Crippen molar-refractivity contribution in [1.82, 2.24) is 19.9 Å². The highest BCUT2D eigenvalue weighted by Crippen LogP contribution is 2.39. The summed E-state index contributed by atoms with van der Waals surface area (Å²) in [6, 6.07) is 2.02. The van der Waals surface area contributed by atoms with E-state index >= 15 is 0 Å². The molecule has 3 unspecified atom stereocenters. The molecule has 1 aromatic heterocycles. The van der Waals surface area contributed by atoms with Gasteiger partial charge in [-0.15, -0.1) is 11.8 Å². The standard InChI is InChI=1S/C24H28N6OS/c1-15-10-16(2)26-24(25-15)29-13-17-11-28(12-18(17)14-29)23(31)21-19-6-3-4-8-30(19)27-22(21)20-7-5-9-32-20/h3-6,8-10,17-21H,7,11-14H2,1-2H3/t17-,18+,19?,20?,21?. The Kier molecular flexibility index (Phi) is 4.86. The van der Waals surface area contributed by atoms with Crippen molar-refractivity contribution in [2.75, 3.05) is 31.1 Å². The SMILES string of the molecule is Cc1cc(C)nc(N2C[C@H]3CN(C(=O)C4C(C5CC=CS5)=NN5C=CC=CC45)C[C@H]3C2)n1. The Morgan fingerprint density at radius 3 is 2.50 bits per heavy atom. The molecule has 1 aromatic rings. The van der Waals surface area contributed by atoms with Gasteiger partial charge in [0.05, 0.1) is 17.0 Å². The van der Waals surface area contributed by atoms with E-state index in [0.717, 1.165) is 55.6 Å². The van der Waals surface area contributed by atoms with Crippen molar-refractivity contribution in [2.24, 2.45) is 22.9 Å². The van der Waals surface area contributed by atoms with E-state index in [9.17, 15) is 4.79 Å². The summed E-state index contributed by atoms with van der Waals surface area (Å²) in [6.45, 7) is 7.51. The van der Waals surface area contributed by atoms with Gasteiger partial charge in [0.2, 0.25) is 11.9 Å². The minimum Gasteiger partial charge on any atom is -0.341 e. The van der Waals surface area contributed by atoms with Gasteiger partial charge in [-0.25, -0.2) is 9.97 Å². The zero-order chi connectivity index (χ0) is 21.8. The lowest BCUT2D eigenvalue weighted by Crippen LogP contribution is -2.46. The van der Waals surface area contributed by atoms with Crippen molar-refractivity contribution in [2.45, 2.75) is 31.6 Å². The minimum atomic E-state index is -0.189. The third kappa shape index (κ3) is 3.36. The number of aryl methyl sites for hydroxylation is 2. The van der Waals surface area contributed by atoms with Crippen molar-refractivity contribution >= 4 is 29.3 Å². The van der Waals surface area contributed by atoms with Crippen LogP contribution in [0.5, 0.6) is 0 Å². The highest BCUT2D eigenvalue weighted by Gasteiger charge is 2.49. The molecule has 1 amide bonds. The molecule has 0 saturated carbocycles. The molecule has 6 rings (SSSR count). The van der Waals surface area contributed by atoms with Gasteiger partial charge in [-0.3, -0.25) is 9.80 Å². The number of carbonyl (C=O) groups excluding carboxylic acids is 1. The number of fused-ring (bicyclic) bond motifs is 2. The zero-order valence-corrected chi connectivity index (χ0v) is 19.3. The van der Waals surface area contributed by atoms with Crippen LogP contribution in [0.4, 0.5) is 5.95 Å². The topological polar surface area (TPSA) is 64.9 Å². The predicted octanol–water partition coefficient (Wildman–Crippen LogP) is 2.75. The van der Waals surface area contributed by atoms with Crippen LogP contribution in [0.1, 0.15) is 17.8 Å². The van der Waals surface area contributed by atoms with Crippen molar-refractivity contribution in [3.8, 4) is 0 Å². The molecule has 5 aliphatic rings. The number of amides is 1. The van der Waals surface area contributed by atoms with Crippen LogP contribution in [0.25, 0.3) is 0 Å². The van der Waals surface area contributed by atoms with Crippen LogP contribution in [-0.4, -0.2) is 69.0 Å². The highest BCUT2D eigenvalue weighted by atomic mass is 32.2. The molecule has 0 aliphatic carbocycles. The average Bonchev–Trinajstić information content (AvgIpc) is 3.54. The molecule has 0 radical (unpaired) electrons. The molecule has 5 aliphatic heterocycles. The van der Waals surface area contributed by atoms with Crippen molar-refractivity contribution in [3.63, 3.8) is 0 Å². The second-order valence-corrected chi connectivity index (χ2v) is 10.6. The summed E-state index contributed by atoms with van der Waals surface area (Å²) in [5.74, 6) is 1.84. The van der Waals surface area contributed by atoms with Crippen LogP contribution in [0.3, 0.4) is 0 Å². The lowest BCUT2D eigenvalue weighted by Gasteiger charge is -2.29. The maximum atomic E-state index is 13.8. The second kappa shape index (κ2) is 7.76. The third-order valence-electron chi connectivity index (χ3n) is 7.19. The van der Waals surface area contributed by atoms with Crippen LogP contribution in [0.2, 0.25) is 0 Å². The van der Waals surface area contributed by atoms with Gasteiger partial charge in [-0.05, 0) is 37.8 Å². The highest BCUT2D eigenvalue weighted by molar-refractivity contribution is 8.03. The minimum absolute atomic E-state index is 0.00399. The van der Waals surface area contributed by atoms with Crippen molar-refractivity contribution in [1.29, 1.82) is 0 Å². The number of thioether (sulfide) groups is 1. The Morgan fingerprint density at radius 2 is 1.81 bits per heavy atom. The Balaban J connectivity index is 1.17. The third-order valence-corrected chi connectivity index (χ3v) is 8.30. The smallest absolute Gasteiger partial charge is 0.234 e. The van der Waals surface area contributed by atoms with E-state index in [0.29, 0.717) is 11.8 Å². The van der Waals surface area contributed by atoms with Crippen molar-refractivity contribution < 1.29 is 4.79 Å². The van der Waals surface area contributed by atoms with E-state index in [1.807, 2.05) is 43.3 Å². The lowest BCUT2D eigenvalue weighted by molar-refractivity contribution is -0.133. The number of aromatic nitrogens is 2. The number of rotatable bonds is 3. The van der Waals surface area contributed by atoms with Crippen LogP contribution < -0.4 is 4.90 Å². The molecule has 0 aromatic carbocycles. The summed E-state index contributed by atoms with van der Waals surface area (Å²) < 4.78 is 0. The number of hydrogen-bond acceptors (Lipinski definition) is 7. The largest absolute Gasteiger partial charge is 0.341 e. The summed E-state index contributed by atoms with van der Waals surface area (Å²) in [5, 5.41) is 9.28. The Bertz CT molecular complexity index is 1020. The van der Waals surface area contributed by atoms with Crippen LogP contribution in [-0.2, 0) is 4.79 Å². The van der Waals surface area contributed by atoms with E-state index in [1.165, 1.54) is 0 Å². The molecule has 0 bridgehead atoms. The van der Waals surface area contributed by atoms with Gasteiger partial charge in [0.15, 0.2) is 0 Å². The molecule has 2 fully saturated rings. The Morgan fingerprint density at radius 1 is 1.06 bits per heavy atom. The van der Waals surface area contributed by atoms with Gasteiger partial charge in [0.25, 0.3) is 0 Å². The molecular formula is C24H28N6OS. The molecule has 8 heteroatoms. The van der Waals surface area contributed by atoms with Gasteiger partial charge in [0.1, 0.15) is 5.92 Å². The van der Waals surface area contributed by atoms with Gasteiger partial charge in [-0.2, -0.15) is 5.10 Å². The zero-order valence-electron chi connectivity index (χ0n) is 18.5. The Labute approximate surface area is 193 Å². The fourth-order valence-corrected chi connectivity index (χ4v) is 6.70. The van der Waals surface area contributed by atoms with Gasteiger partial charge in [0, 0.05) is 55.6 Å². The molecule has 166 valence electrons. The number of carbonyl (C=O) groups is 1. The number of allylic oxidation sites excluding steroid dienone is 3. The van der Waals surface area contributed by atoms with Crippen LogP contribution in [0.15, 0.2) is 47.1 Å². The van der Waals surface area contributed by atoms with E-state index in [1.54, 1.807) is 11.8 Å². The fourth-order valence-electron chi connectivity index (χ4n) is 5.73. The molecular weight excluding hydrogens is 420 g/mol. The maximum Gasteiger partial charge on any atom is 0.234 e. The van der Waals surface area contributed by atoms with Gasteiger partial charge in [-0.1, -0.05) is 18.2 Å². The average molecular weight is 449 g/mol. The molecule has 0 spiro atoms. The number of likely N-dealkylation sites (tertiary alicyclic amines) is 1. The summed E-state index contributed by atoms with van der Waals surface area (Å²) >= 11 is 1.79. The second-order valence-electron chi connectivity index (χ2n) is 9.45. The van der Waals surface area contributed by atoms with Gasteiger partial charge < -0.3 is 9.80 Å². The van der Waals surface area contributed by atoms with E-state index < -0.39 is 0 Å². The first-order chi connectivity index (χ1) is 15.6. The number of nitrogens with zero attached hydrogens (tertiary/aromatic N) is 6. The number of anilines is 1. The summed E-state index contributed by atoms with van der Waals surface area (Å²) in [7, 11) is 0. The summed E-state index contributed by atoms with van der Waals surface area (Å²) in [4.78, 5) is 27.5. The predicted molar refractivity (Wildman–Crippen MR) is 127 cm³/mol. The number of hydrazone groups is 1. The molecule has 2 saturated heterocycles. The summed E-state index contributed by atoms with van der Waals surface area (Å²) in [5.41, 5.74) is 3.05. The van der Waals surface area contributed by atoms with Crippen LogP contribution in [0, 0.1) is 31.6 Å². The van der Waals surface area contributed by atoms with Crippen molar-refractivity contribution in [3.05, 3.63) is 53.4 Å². The first-order valence-corrected chi connectivity index (χ1v) is 12.4. The number of hydrogen-bond donors (Lipinski definition) is 0. The molecule has 32 heavy (non-hydrogen) atoms. The Hall–Kier alpha value is -2.61.